The van der Waals surface area contributed by atoms with Gasteiger partial charge in [0.15, 0.2) is 18.0 Å². The predicted molar refractivity (Wildman–Crippen MR) is 89.3 cm³/mol. The fraction of sp³-hybridized carbons (Fsp3) is 0.353. The summed E-state index contributed by atoms with van der Waals surface area (Å²) in [5.74, 6) is 2.20. The highest BCUT2D eigenvalue weighted by molar-refractivity contribution is 5.92. The van der Waals surface area contributed by atoms with Gasteiger partial charge in [-0.15, -0.1) is 10.2 Å². The Bertz CT molecular complexity index is 920. The minimum Gasteiger partial charge on any atom is -0.484 e. The average Bonchev–Trinajstić information content (AvgIpc) is 3.27. The van der Waals surface area contributed by atoms with Gasteiger partial charge in [0, 0.05) is 19.3 Å². The van der Waals surface area contributed by atoms with Crippen molar-refractivity contribution in [2.45, 2.75) is 33.0 Å². The number of pyridine rings is 1. The highest BCUT2D eigenvalue weighted by Gasteiger charge is 2.33. The van der Waals surface area contributed by atoms with E-state index >= 15 is 0 Å². The molecule has 0 bridgehead atoms. The average molecular weight is 354 g/mol. The van der Waals surface area contributed by atoms with Crippen molar-refractivity contribution in [1.29, 1.82) is 0 Å². The molecule has 4 rings (SSSR count). The molecule has 3 aromatic rings. The SMILES string of the molecule is Cc1ncoc1C(=O)N1CCn2c(COc3cccnc3)nnc2[C@@H]1C. The van der Waals surface area contributed by atoms with Crippen LogP contribution in [0.25, 0.3) is 0 Å². The zero-order valence-electron chi connectivity index (χ0n) is 14.5. The van der Waals surface area contributed by atoms with Gasteiger partial charge in [-0.1, -0.05) is 0 Å². The smallest absolute Gasteiger partial charge is 0.292 e. The van der Waals surface area contributed by atoms with E-state index in [0.717, 1.165) is 11.6 Å². The van der Waals surface area contributed by atoms with Gasteiger partial charge in [-0.3, -0.25) is 9.78 Å². The summed E-state index contributed by atoms with van der Waals surface area (Å²) in [4.78, 5) is 22.5. The molecule has 0 radical (unpaired) electrons. The summed E-state index contributed by atoms with van der Waals surface area (Å²) in [6, 6.07) is 3.43. The molecule has 0 N–H and O–H groups in total. The number of hydrogen-bond acceptors (Lipinski definition) is 7. The monoisotopic (exact) mass is 354 g/mol. The number of rotatable bonds is 4. The lowest BCUT2D eigenvalue weighted by Crippen LogP contribution is -2.41. The lowest BCUT2D eigenvalue weighted by Gasteiger charge is -2.33. The maximum atomic E-state index is 12.7. The molecule has 0 unspecified atom stereocenters. The molecule has 4 heterocycles. The maximum absolute atomic E-state index is 12.7. The Balaban J connectivity index is 1.51. The van der Waals surface area contributed by atoms with Crippen molar-refractivity contribution in [2.75, 3.05) is 6.54 Å². The number of ether oxygens (including phenoxy) is 1. The van der Waals surface area contributed by atoms with E-state index in [0.29, 0.717) is 31.1 Å². The highest BCUT2D eigenvalue weighted by atomic mass is 16.5. The van der Waals surface area contributed by atoms with Crippen LogP contribution < -0.4 is 4.74 Å². The fourth-order valence-electron chi connectivity index (χ4n) is 3.04. The van der Waals surface area contributed by atoms with Crippen molar-refractivity contribution in [3.05, 3.63) is 54.0 Å². The molecule has 1 aliphatic heterocycles. The molecule has 9 heteroatoms. The van der Waals surface area contributed by atoms with Gasteiger partial charge in [-0.25, -0.2) is 4.98 Å². The minimum absolute atomic E-state index is 0.185. The molecule has 134 valence electrons. The van der Waals surface area contributed by atoms with E-state index in [1.165, 1.54) is 6.39 Å². The molecular formula is C17H18N6O3. The van der Waals surface area contributed by atoms with Crippen molar-refractivity contribution in [1.82, 2.24) is 29.6 Å². The molecular weight excluding hydrogens is 336 g/mol. The molecule has 0 aromatic carbocycles. The second kappa shape index (κ2) is 6.58. The second-order valence-corrected chi connectivity index (χ2v) is 6.04. The van der Waals surface area contributed by atoms with Gasteiger partial charge < -0.3 is 18.6 Å². The van der Waals surface area contributed by atoms with Crippen LogP contribution in [0.2, 0.25) is 0 Å². The van der Waals surface area contributed by atoms with Crippen molar-refractivity contribution < 1.29 is 13.9 Å². The van der Waals surface area contributed by atoms with Gasteiger partial charge >= 0.3 is 0 Å². The summed E-state index contributed by atoms with van der Waals surface area (Å²) in [5.41, 5.74) is 0.583. The molecule has 1 amide bonds. The standard InChI is InChI=1S/C17H18N6O3/c1-11-15(26-10-19-11)17(24)22-6-7-23-14(20-21-16(23)12(22)2)9-25-13-4-3-5-18-8-13/h3-5,8,10,12H,6-7,9H2,1-2H3/t12-/m0/s1. The quantitative estimate of drug-likeness (QED) is 0.704. The van der Waals surface area contributed by atoms with Crippen LogP contribution in [-0.4, -0.2) is 42.1 Å². The molecule has 0 saturated heterocycles. The van der Waals surface area contributed by atoms with Crippen LogP contribution in [0.4, 0.5) is 0 Å². The number of oxazole rings is 1. The van der Waals surface area contributed by atoms with E-state index in [2.05, 4.69) is 20.2 Å². The normalized spacial score (nSPS) is 16.4. The Morgan fingerprint density at radius 3 is 3.00 bits per heavy atom. The Morgan fingerprint density at radius 2 is 2.27 bits per heavy atom. The molecule has 0 spiro atoms. The summed E-state index contributed by atoms with van der Waals surface area (Å²) in [6.45, 7) is 5.10. The molecule has 1 aliphatic rings. The lowest BCUT2D eigenvalue weighted by molar-refractivity contribution is 0.0601. The number of aromatic nitrogens is 5. The number of fused-ring (bicyclic) bond motifs is 1. The van der Waals surface area contributed by atoms with Gasteiger partial charge in [0.2, 0.25) is 5.76 Å². The molecule has 9 nitrogen and oxygen atoms in total. The summed E-state index contributed by atoms with van der Waals surface area (Å²) >= 11 is 0. The third-order valence-electron chi connectivity index (χ3n) is 4.46. The highest BCUT2D eigenvalue weighted by Crippen LogP contribution is 2.27. The van der Waals surface area contributed by atoms with Crippen LogP contribution in [0.15, 0.2) is 35.3 Å². The van der Waals surface area contributed by atoms with Gasteiger partial charge in [0.25, 0.3) is 5.91 Å². The second-order valence-electron chi connectivity index (χ2n) is 6.04. The topological polar surface area (TPSA) is 99.2 Å². The Labute approximate surface area is 149 Å². The van der Waals surface area contributed by atoms with E-state index in [1.54, 1.807) is 24.2 Å². The van der Waals surface area contributed by atoms with Crippen molar-refractivity contribution >= 4 is 5.91 Å². The van der Waals surface area contributed by atoms with E-state index in [-0.39, 0.29) is 17.7 Å². The Hall–Kier alpha value is -3.23. The molecule has 26 heavy (non-hydrogen) atoms. The van der Waals surface area contributed by atoms with Gasteiger partial charge in [0.05, 0.1) is 17.9 Å². The van der Waals surface area contributed by atoms with Gasteiger partial charge in [-0.2, -0.15) is 0 Å². The number of amides is 1. The van der Waals surface area contributed by atoms with Gasteiger partial charge in [0.1, 0.15) is 12.4 Å². The van der Waals surface area contributed by atoms with Crippen LogP contribution >= 0.6 is 0 Å². The first kappa shape index (κ1) is 16.2. The van der Waals surface area contributed by atoms with Crippen molar-refractivity contribution in [2.24, 2.45) is 0 Å². The lowest BCUT2D eigenvalue weighted by atomic mass is 10.2. The zero-order chi connectivity index (χ0) is 18.1. The Kier molecular flexibility index (Phi) is 4.11. The number of nitrogens with zero attached hydrogens (tertiary/aromatic N) is 6. The van der Waals surface area contributed by atoms with E-state index in [9.17, 15) is 4.79 Å². The van der Waals surface area contributed by atoms with Crippen LogP contribution in [0.3, 0.4) is 0 Å². The first-order valence-corrected chi connectivity index (χ1v) is 8.31. The summed E-state index contributed by atoms with van der Waals surface area (Å²) < 4.78 is 12.9. The van der Waals surface area contributed by atoms with Crippen LogP contribution in [-0.2, 0) is 13.2 Å². The molecule has 0 aliphatic carbocycles. The van der Waals surface area contributed by atoms with Crippen LogP contribution in [0.5, 0.6) is 5.75 Å². The van der Waals surface area contributed by atoms with E-state index < -0.39 is 0 Å². The predicted octanol–water partition coefficient (Wildman–Crippen LogP) is 1.77. The van der Waals surface area contributed by atoms with Crippen molar-refractivity contribution in [3.8, 4) is 5.75 Å². The third kappa shape index (κ3) is 2.81. The molecule has 0 fully saturated rings. The zero-order valence-corrected chi connectivity index (χ0v) is 14.5. The Morgan fingerprint density at radius 1 is 1.38 bits per heavy atom. The van der Waals surface area contributed by atoms with E-state index in [1.807, 2.05) is 23.6 Å². The summed E-state index contributed by atoms with van der Waals surface area (Å²) in [6.07, 6.45) is 4.62. The summed E-state index contributed by atoms with van der Waals surface area (Å²) in [5, 5.41) is 8.49. The number of carbonyl (C=O) groups excluding carboxylic acids is 1. The van der Waals surface area contributed by atoms with E-state index in [4.69, 9.17) is 9.15 Å². The third-order valence-corrected chi connectivity index (χ3v) is 4.46. The first-order chi connectivity index (χ1) is 12.6. The number of aryl methyl sites for hydroxylation is 1. The van der Waals surface area contributed by atoms with Crippen LogP contribution in [0, 0.1) is 6.92 Å². The first-order valence-electron chi connectivity index (χ1n) is 8.31. The fourth-order valence-corrected chi connectivity index (χ4v) is 3.04. The van der Waals surface area contributed by atoms with Gasteiger partial charge in [-0.05, 0) is 26.0 Å². The molecule has 0 saturated carbocycles. The number of hydrogen-bond donors (Lipinski definition) is 0. The number of carbonyl (C=O) groups is 1. The minimum atomic E-state index is -0.222. The summed E-state index contributed by atoms with van der Waals surface area (Å²) in [7, 11) is 0. The van der Waals surface area contributed by atoms with Crippen molar-refractivity contribution in [3.63, 3.8) is 0 Å². The maximum Gasteiger partial charge on any atom is 0.292 e. The largest absolute Gasteiger partial charge is 0.484 e. The molecule has 3 aromatic heterocycles. The molecule has 1 atom stereocenters. The van der Waals surface area contributed by atoms with Crippen LogP contribution in [0.1, 0.15) is 40.9 Å².